The van der Waals surface area contributed by atoms with Gasteiger partial charge < -0.3 is 4.90 Å². The van der Waals surface area contributed by atoms with E-state index < -0.39 is 5.41 Å². The smallest absolute Gasteiger partial charge is 0.0725 e. The molecule has 54 heavy (non-hydrogen) atoms. The van der Waals surface area contributed by atoms with Gasteiger partial charge in [0.1, 0.15) is 0 Å². The predicted molar refractivity (Wildman–Crippen MR) is 227 cm³/mol. The summed E-state index contributed by atoms with van der Waals surface area (Å²) in [5, 5.41) is 10.3. The van der Waals surface area contributed by atoms with Gasteiger partial charge in [-0.2, -0.15) is 0 Å². The minimum Gasteiger partial charge on any atom is -0.310 e. The first kappa shape index (κ1) is 29.6. The molecule has 10 aromatic rings. The molecule has 0 saturated heterocycles. The van der Waals surface area contributed by atoms with Crippen molar-refractivity contribution in [2.75, 3.05) is 4.90 Å². The van der Waals surface area contributed by atoms with Crippen molar-refractivity contribution in [1.29, 1.82) is 0 Å². The Bertz CT molecular complexity index is 3130. The Morgan fingerprint density at radius 1 is 0.259 bits per heavy atom. The van der Waals surface area contributed by atoms with Crippen molar-refractivity contribution in [3.05, 3.63) is 222 Å². The molecule has 0 heterocycles. The van der Waals surface area contributed by atoms with Gasteiger partial charge in [0.2, 0.25) is 0 Å². The standard InChI is InChI=1S/C53H33N/c1-2-16-36(17-3-1)54(37-27-26-34-14-4-5-15-35(34)30-37)38-28-29-51-47(31-38)48-32-45-41-20-8-6-18-39(41)40-19-7-9-21-42(40)46(45)33-52(48)53(51)49-24-12-10-22-43(49)44-23-11-13-25-50(44)53/h1-33H. The number of rotatable bonds is 3. The fraction of sp³-hybridized carbons (Fsp3) is 0.0189. The van der Waals surface area contributed by atoms with Crippen molar-refractivity contribution in [2.24, 2.45) is 0 Å². The molecule has 12 rings (SSSR count). The molecule has 0 fully saturated rings. The molecule has 0 saturated carbocycles. The summed E-state index contributed by atoms with van der Waals surface area (Å²) in [5.41, 5.74) is 13.6. The van der Waals surface area contributed by atoms with Crippen molar-refractivity contribution >= 4 is 60.2 Å². The first-order chi connectivity index (χ1) is 26.8. The molecule has 0 atom stereocenters. The van der Waals surface area contributed by atoms with E-state index in [-0.39, 0.29) is 0 Å². The van der Waals surface area contributed by atoms with E-state index in [0.29, 0.717) is 0 Å². The van der Waals surface area contributed by atoms with Gasteiger partial charge in [-0.05, 0) is 136 Å². The fourth-order valence-corrected chi connectivity index (χ4v) is 10.0. The summed E-state index contributed by atoms with van der Waals surface area (Å²) >= 11 is 0. The summed E-state index contributed by atoms with van der Waals surface area (Å²) < 4.78 is 0. The molecule has 2 aliphatic carbocycles. The van der Waals surface area contributed by atoms with Gasteiger partial charge in [-0.1, -0.05) is 152 Å². The summed E-state index contributed by atoms with van der Waals surface area (Å²) in [5.74, 6) is 0. The second-order valence-corrected chi connectivity index (χ2v) is 14.8. The quantitative estimate of drug-likeness (QED) is 0.168. The van der Waals surface area contributed by atoms with Crippen LogP contribution >= 0.6 is 0 Å². The van der Waals surface area contributed by atoms with E-state index in [2.05, 4.69) is 205 Å². The van der Waals surface area contributed by atoms with Gasteiger partial charge in [0.25, 0.3) is 0 Å². The predicted octanol–water partition coefficient (Wildman–Crippen LogP) is 14.1. The lowest BCUT2D eigenvalue weighted by atomic mass is 9.70. The fourth-order valence-electron chi connectivity index (χ4n) is 10.0. The van der Waals surface area contributed by atoms with Crippen LogP contribution in [-0.2, 0) is 5.41 Å². The summed E-state index contributed by atoms with van der Waals surface area (Å²) in [7, 11) is 0. The van der Waals surface area contributed by atoms with Crippen molar-refractivity contribution < 1.29 is 0 Å². The highest BCUT2D eigenvalue weighted by atomic mass is 15.1. The van der Waals surface area contributed by atoms with Gasteiger partial charge in [-0.25, -0.2) is 0 Å². The number of nitrogens with zero attached hydrogens (tertiary/aromatic N) is 1. The average Bonchev–Trinajstić information content (AvgIpc) is 3.70. The van der Waals surface area contributed by atoms with Crippen LogP contribution in [0, 0.1) is 0 Å². The molecule has 1 heteroatoms. The van der Waals surface area contributed by atoms with E-state index in [4.69, 9.17) is 0 Å². The van der Waals surface area contributed by atoms with E-state index in [0.717, 1.165) is 17.1 Å². The lowest BCUT2D eigenvalue weighted by Gasteiger charge is -2.31. The van der Waals surface area contributed by atoms with Crippen LogP contribution < -0.4 is 4.90 Å². The van der Waals surface area contributed by atoms with Crippen molar-refractivity contribution in [3.8, 4) is 22.3 Å². The third kappa shape index (κ3) is 3.88. The molecule has 10 aromatic carbocycles. The molecule has 250 valence electrons. The van der Waals surface area contributed by atoms with Crippen molar-refractivity contribution in [1.82, 2.24) is 0 Å². The van der Waals surface area contributed by atoms with E-state index in [1.807, 2.05) is 0 Å². The number of hydrogen-bond donors (Lipinski definition) is 0. The third-order valence-corrected chi connectivity index (χ3v) is 12.2. The van der Waals surface area contributed by atoms with Crippen LogP contribution in [0.2, 0.25) is 0 Å². The molecule has 0 unspecified atom stereocenters. The Morgan fingerprint density at radius 3 is 1.43 bits per heavy atom. The molecule has 0 N–H and O–H groups in total. The van der Waals surface area contributed by atoms with Crippen LogP contribution in [0.4, 0.5) is 17.1 Å². The lowest BCUT2D eigenvalue weighted by molar-refractivity contribution is 0.795. The lowest BCUT2D eigenvalue weighted by Crippen LogP contribution is -2.26. The van der Waals surface area contributed by atoms with Gasteiger partial charge >= 0.3 is 0 Å². The molecule has 0 aromatic heterocycles. The highest BCUT2D eigenvalue weighted by Crippen LogP contribution is 2.64. The second kappa shape index (κ2) is 11.0. The highest BCUT2D eigenvalue weighted by molar-refractivity contribution is 6.26. The average molecular weight is 684 g/mol. The Hall–Kier alpha value is -6.96. The van der Waals surface area contributed by atoms with Gasteiger partial charge in [-0.3, -0.25) is 0 Å². The number of anilines is 3. The maximum atomic E-state index is 2.55. The Morgan fingerprint density at radius 2 is 0.741 bits per heavy atom. The molecular weight excluding hydrogens is 651 g/mol. The van der Waals surface area contributed by atoms with Crippen LogP contribution in [0.15, 0.2) is 200 Å². The zero-order valence-electron chi connectivity index (χ0n) is 29.5. The minimum atomic E-state index is -0.447. The van der Waals surface area contributed by atoms with Gasteiger partial charge in [0, 0.05) is 17.1 Å². The summed E-state index contributed by atoms with van der Waals surface area (Å²) in [6.45, 7) is 0. The molecule has 2 aliphatic rings. The van der Waals surface area contributed by atoms with Crippen LogP contribution in [0.5, 0.6) is 0 Å². The molecular formula is C53H33N. The van der Waals surface area contributed by atoms with Gasteiger partial charge in [0.05, 0.1) is 5.41 Å². The zero-order valence-corrected chi connectivity index (χ0v) is 29.5. The van der Waals surface area contributed by atoms with Crippen molar-refractivity contribution in [3.63, 3.8) is 0 Å². The van der Waals surface area contributed by atoms with E-state index >= 15 is 0 Å². The molecule has 0 aliphatic heterocycles. The number of benzene rings is 10. The summed E-state index contributed by atoms with van der Waals surface area (Å²) in [4.78, 5) is 2.41. The monoisotopic (exact) mass is 683 g/mol. The van der Waals surface area contributed by atoms with E-state index in [9.17, 15) is 0 Å². The number of para-hydroxylation sites is 1. The second-order valence-electron chi connectivity index (χ2n) is 14.8. The van der Waals surface area contributed by atoms with Crippen LogP contribution in [0.1, 0.15) is 22.3 Å². The maximum Gasteiger partial charge on any atom is 0.0725 e. The topological polar surface area (TPSA) is 3.24 Å². The first-order valence-corrected chi connectivity index (χ1v) is 18.8. The van der Waals surface area contributed by atoms with E-state index in [1.165, 1.54) is 87.6 Å². The zero-order chi connectivity index (χ0) is 35.4. The van der Waals surface area contributed by atoms with Crippen LogP contribution in [0.3, 0.4) is 0 Å². The minimum absolute atomic E-state index is 0.447. The van der Waals surface area contributed by atoms with Crippen LogP contribution in [0.25, 0.3) is 65.3 Å². The Kier molecular flexibility index (Phi) is 6.04. The SMILES string of the molecule is c1ccc(N(c2ccc3c(c2)-c2cc4c5ccccc5c5ccccc5c4cc2C32c3ccccc3-c3ccccc32)c2ccc3ccccc3c2)cc1. The molecule has 0 bridgehead atoms. The van der Waals surface area contributed by atoms with Gasteiger partial charge in [-0.15, -0.1) is 0 Å². The van der Waals surface area contributed by atoms with E-state index in [1.54, 1.807) is 0 Å². The third-order valence-electron chi connectivity index (χ3n) is 12.2. The molecule has 1 nitrogen and oxygen atoms in total. The highest BCUT2D eigenvalue weighted by Gasteiger charge is 2.52. The Balaban J connectivity index is 1.21. The largest absolute Gasteiger partial charge is 0.310 e. The molecule has 1 spiro atoms. The van der Waals surface area contributed by atoms with Crippen molar-refractivity contribution in [2.45, 2.75) is 5.41 Å². The maximum absolute atomic E-state index is 2.55. The summed E-state index contributed by atoms with van der Waals surface area (Å²) in [6.07, 6.45) is 0. The molecule has 0 radical (unpaired) electrons. The normalized spacial score (nSPS) is 13.3. The Labute approximate surface area is 314 Å². The van der Waals surface area contributed by atoms with Gasteiger partial charge in [0.15, 0.2) is 0 Å². The molecule has 0 amide bonds. The first-order valence-electron chi connectivity index (χ1n) is 18.8. The number of hydrogen-bond acceptors (Lipinski definition) is 1. The van der Waals surface area contributed by atoms with Crippen LogP contribution in [-0.4, -0.2) is 0 Å². The number of fused-ring (bicyclic) bond motifs is 17. The summed E-state index contributed by atoms with van der Waals surface area (Å²) in [6, 6.07) is 74.6.